The maximum Gasteiger partial charge on any atom is 0.330 e. The van der Waals surface area contributed by atoms with Gasteiger partial charge < -0.3 is 15.4 Å². The SMILES string of the molecule is CCOC(=O)/C=C/C(=O)Nc1cccc(NC(=O)C2CC2)c1C. The van der Waals surface area contributed by atoms with Crippen LogP contribution in [-0.2, 0) is 19.1 Å². The number of rotatable bonds is 6. The number of nitrogens with one attached hydrogen (secondary N) is 2. The number of ether oxygens (including phenoxy) is 1. The molecular formula is C17H20N2O4. The van der Waals surface area contributed by atoms with Crippen molar-refractivity contribution >= 4 is 29.2 Å². The molecule has 0 bridgehead atoms. The number of carbonyl (C=O) groups excluding carboxylic acids is 3. The Morgan fingerprint density at radius 2 is 1.83 bits per heavy atom. The van der Waals surface area contributed by atoms with Crippen molar-refractivity contribution in [2.45, 2.75) is 26.7 Å². The Morgan fingerprint density at radius 3 is 2.43 bits per heavy atom. The fourth-order valence-corrected chi connectivity index (χ4v) is 2.00. The van der Waals surface area contributed by atoms with Gasteiger partial charge in [0.25, 0.3) is 0 Å². The van der Waals surface area contributed by atoms with Crippen LogP contribution in [0.4, 0.5) is 11.4 Å². The Labute approximate surface area is 134 Å². The maximum atomic E-state index is 11.8. The van der Waals surface area contributed by atoms with E-state index in [1.807, 2.05) is 6.92 Å². The first-order valence-corrected chi connectivity index (χ1v) is 7.57. The van der Waals surface area contributed by atoms with Gasteiger partial charge in [0.2, 0.25) is 11.8 Å². The molecule has 1 aromatic rings. The third-order valence-corrected chi connectivity index (χ3v) is 3.46. The van der Waals surface area contributed by atoms with Crippen LogP contribution in [0.25, 0.3) is 0 Å². The molecule has 6 heteroatoms. The van der Waals surface area contributed by atoms with E-state index in [-0.39, 0.29) is 18.4 Å². The van der Waals surface area contributed by atoms with Gasteiger partial charge in [-0.1, -0.05) is 6.07 Å². The third-order valence-electron chi connectivity index (χ3n) is 3.46. The number of anilines is 2. The molecule has 0 saturated heterocycles. The predicted octanol–water partition coefficient (Wildman–Crippen LogP) is 2.40. The lowest BCUT2D eigenvalue weighted by molar-refractivity contribution is -0.137. The summed E-state index contributed by atoms with van der Waals surface area (Å²) in [5.41, 5.74) is 2.02. The van der Waals surface area contributed by atoms with Crippen molar-refractivity contribution in [3.63, 3.8) is 0 Å². The van der Waals surface area contributed by atoms with E-state index in [1.54, 1.807) is 25.1 Å². The molecule has 2 amide bonds. The highest BCUT2D eigenvalue weighted by atomic mass is 16.5. The summed E-state index contributed by atoms with van der Waals surface area (Å²) in [5, 5.41) is 5.55. The molecule has 122 valence electrons. The molecule has 1 aromatic carbocycles. The van der Waals surface area contributed by atoms with Crippen molar-refractivity contribution in [1.82, 2.24) is 0 Å². The van der Waals surface area contributed by atoms with E-state index >= 15 is 0 Å². The van der Waals surface area contributed by atoms with E-state index in [2.05, 4.69) is 10.6 Å². The molecule has 6 nitrogen and oxygen atoms in total. The van der Waals surface area contributed by atoms with Crippen LogP contribution in [-0.4, -0.2) is 24.4 Å². The summed E-state index contributed by atoms with van der Waals surface area (Å²) in [6.07, 6.45) is 4.06. The predicted molar refractivity (Wildman–Crippen MR) is 86.9 cm³/mol. The summed E-state index contributed by atoms with van der Waals surface area (Å²) >= 11 is 0. The monoisotopic (exact) mass is 316 g/mol. The van der Waals surface area contributed by atoms with Gasteiger partial charge in [0.05, 0.1) is 6.61 Å². The minimum Gasteiger partial charge on any atom is -0.463 e. The van der Waals surface area contributed by atoms with Crippen LogP contribution in [0.5, 0.6) is 0 Å². The number of carbonyl (C=O) groups is 3. The second-order valence-corrected chi connectivity index (χ2v) is 5.32. The van der Waals surface area contributed by atoms with Gasteiger partial charge in [-0.2, -0.15) is 0 Å². The van der Waals surface area contributed by atoms with Gasteiger partial charge in [-0.25, -0.2) is 4.79 Å². The van der Waals surface area contributed by atoms with E-state index in [0.717, 1.165) is 30.6 Å². The van der Waals surface area contributed by atoms with Gasteiger partial charge >= 0.3 is 5.97 Å². The van der Waals surface area contributed by atoms with Crippen molar-refractivity contribution in [3.05, 3.63) is 35.9 Å². The molecule has 1 aliphatic rings. The molecule has 0 aromatic heterocycles. The fourth-order valence-electron chi connectivity index (χ4n) is 2.00. The lowest BCUT2D eigenvalue weighted by Gasteiger charge is -2.12. The van der Waals surface area contributed by atoms with Crippen molar-refractivity contribution in [2.24, 2.45) is 5.92 Å². The summed E-state index contributed by atoms with van der Waals surface area (Å²) in [6, 6.07) is 5.28. The average Bonchev–Trinajstić information content (AvgIpc) is 3.34. The molecule has 0 heterocycles. The molecule has 0 atom stereocenters. The number of hydrogen-bond donors (Lipinski definition) is 2. The smallest absolute Gasteiger partial charge is 0.330 e. The molecule has 0 aliphatic heterocycles. The van der Waals surface area contributed by atoms with Crippen LogP contribution in [0.15, 0.2) is 30.4 Å². The summed E-state index contributed by atoms with van der Waals surface area (Å²) in [4.78, 5) is 34.8. The van der Waals surface area contributed by atoms with Gasteiger partial charge in [0.1, 0.15) is 0 Å². The molecule has 23 heavy (non-hydrogen) atoms. The molecule has 2 N–H and O–H groups in total. The lowest BCUT2D eigenvalue weighted by atomic mass is 10.1. The Bertz CT molecular complexity index is 648. The third kappa shape index (κ3) is 4.95. The highest BCUT2D eigenvalue weighted by molar-refractivity contribution is 6.04. The topological polar surface area (TPSA) is 84.5 Å². The first kappa shape index (κ1) is 16.7. The van der Waals surface area contributed by atoms with Gasteiger partial charge in [-0.3, -0.25) is 9.59 Å². The molecule has 1 aliphatic carbocycles. The lowest BCUT2D eigenvalue weighted by Crippen LogP contribution is -2.15. The Balaban J connectivity index is 2.00. The molecule has 2 rings (SSSR count). The van der Waals surface area contributed by atoms with Gasteiger partial charge in [0.15, 0.2) is 0 Å². The van der Waals surface area contributed by atoms with E-state index in [4.69, 9.17) is 4.74 Å². The second kappa shape index (κ2) is 7.58. The Kier molecular flexibility index (Phi) is 5.51. The summed E-state index contributed by atoms with van der Waals surface area (Å²) < 4.78 is 4.70. The first-order valence-electron chi connectivity index (χ1n) is 7.57. The number of esters is 1. The molecule has 0 spiro atoms. The number of amides is 2. The minimum absolute atomic E-state index is 0.0128. The highest BCUT2D eigenvalue weighted by Gasteiger charge is 2.29. The van der Waals surface area contributed by atoms with Gasteiger partial charge in [-0.15, -0.1) is 0 Å². The van der Waals surface area contributed by atoms with E-state index in [1.165, 1.54) is 0 Å². The van der Waals surface area contributed by atoms with Crippen LogP contribution in [0.2, 0.25) is 0 Å². The van der Waals surface area contributed by atoms with Crippen LogP contribution in [0.1, 0.15) is 25.3 Å². The first-order chi connectivity index (χ1) is 11.0. The van der Waals surface area contributed by atoms with Crippen molar-refractivity contribution in [2.75, 3.05) is 17.2 Å². The van der Waals surface area contributed by atoms with E-state index < -0.39 is 11.9 Å². The second-order valence-electron chi connectivity index (χ2n) is 5.32. The normalized spacial score (nSPS) is 13.7. The zero-order chi connectivity index (χ0) is 16.8. The van der Waals surface area contributed by atoms with Crippen molar-refractivity contribution in [1.29, 1.82) is 0 Å². The summed E-state index contributed by atoms with van der Waals surface area (Å²) in [5.74, 6) is -0.879. The standard InChI is InChI=1S/C17H20N2O4/c1-3-23-16(21)10-9-15(20)18-13-5-4-6-14(11(13)2)19-17(22)12-7-8-12/h4-6,9-10,12H,3,7-8H2,1-2H3,(H,18,20)(H,19,22)/b10-9+. The van der Waals surface area contributed by atoms with E-state index in [0.29, 0.717) is 11.4 Å². The molecule has 0 unspecified atom stereocenters. The number of hydrogen-bond acceptors (Lipinski definition) is 4. The average molecular weight is 316 g/mol. The Hall–Kier alpha value is -2.63. The minimum atomic E-state index is -0.565. The van der Waals surface area contributed by atoms with Gasteiger partial charge in [-0.05, 0) is 44.4 Å². The fraction of sp³-hybridized carbons (Fsp3) is 0.353. The highest BCUT2D eigenvalue weighted by Crippen LogP contribution is 2.31. The zero-order valence-corrected chi connectivity index (χ0v) is 13.2. The van der Waals surface area contributed by atoms with Gasteiger partial charge in [0, 0.05) is 29.4 Å². The quantitative estimate of drug-likeness (QED) is 0.623. The van der Waals surface area contributed by atoms with Crippen LogP contribution >= 0.6 is 0 Å². The maximum absolute atomic E-state index is 11.8. The largest absolute Gasteiger partial charge is 0.463 e. The van der Waals surface area contributed by atoms with Crippen LogP contribution in [0.3, 0.4) is 0 Å². The molecule has 1 saturated carbocycles. The van der Waals surface area contributed by atoms with Crippen LogP contribution < -0.4 is 10.6 Å². The van der Waals surface area contributed by atoms with Crippen molar-refractivity contribution < 1.29 is 19.1 Å². The molecule has 0 radical (unpaired) electrons. The summed E-state index contributed by atoms with van der Waals surface area (Å²) in [7, 11) is 0. The van der Waals surface area contributed by atoms with Crippen LogP contribution in [0, 0.1) is 12.8 Å². The summed E-state index contributed by atoms with van der Waals surface area (Å²) in [6.45, 7) is 3.76. The molecular weight excluding hydrogens is 296 g/mol. The number of benzene rings is 1. The van der Waals surface area contributed by atoms with E-state index in [9.17, 15) is 14.4 Å². The molecule has 1 fully saturated rings. The Morgan fingerprint density at radius 1 is 1.17 bits per heavy atom. The zero-order valence-electron chi connectivity index (χ0n) is 13.2. The van der Waals surface area contributed by atoms with Crippen molar-refractivity contribution in [3.8, 4) is 0 Å².